The second-order valence-electron chi connectivity index (χ2n) is 8.73. The highest BCUT2D eigenvalue weighted by Crippen LogP contribution is 2.53. The van der Waals surface area contributed by atoms with Crippen molar-refractivity contribution < 1.29 is 19.7 Å². The highest BCUT2D eigenvalue weighted by atomic mass is 16.5. The van der Waals surface area contributed by atoms with Crippen molar-refractivity contribution in [1.29, 1.82) is 0 Å². The zero-order valence-electron chi connectivity index (χ0n) is 18.5. The molecule has 2 N–H and O–H groups in total. The molecule has 30 heavy (non-hydrogen) atoms. The van der Waals surface area contributed by atoms with Crippen molar-refractivity contribution in [2.75, 3.05) is 27.2 Å². The number of ether oxygens (including phenoxy) is 2. The summed E-state index contributed by atoms with van der Waals surface area (Å²) < 4.78 is 12.2. The van der Waals surface area contributed by atoms with Gasteiger partial charge in [0.25, 0.3) is 0 Å². The molecule has 1 heterocycles. The number of aliphatic hydroxyl groups is 2. The second-order valence-corrected chi connectivity index (χ2v) is 8.73. The fourth-order valence-electron chi connectivity index (χ4n) is 4.37. The van der Waals surface area contributed by atoms with Crippen LogP contribution in [0.4, 0.5) is 0 Å². The number of nitrogens with zero attached hydrogens (tertiary/aromatic N) is 1. The summed E-state index contributed by atoms with van der Waals surface area (Å²) >= 11 is 0. The number of hydrogen-bond acceptors (Lipinski definition) is 5. The molecule has 1 saturated carbocycles. The third-order valence-electron chi connectivity index (χ3n) is 6.09. The van der Waals surface area contributed by atoms with Crippen LogP contribution in [0.25, 0.3) is 0 Å². The summed E-state index contributed by atoms with van der Waals surface area (Å²) in [4.78, 5) is 2.14. The van der Waals surface area contributed by atoms with Crippen molar-refractivity contribution in [3.05, 3.63) is 35.9 Å². The summed E-state index contributed by atoms with van der Waals surface area (Å²) in [5.74, 6) is 7.54. The minimum absolute atomic E-state index is 0.0531. The van der Waals surface area contributed by atoms with Crippen molar-refractivity contribution in [1.82, 2.24) is 4.90 Å². The van der Waals surface area contributed by atoms with E-state index in [0.29, 0.717) is 19.4 Å². The SMILES string of the molecule is CC#CC[C@H](C)[C@H](O)/C=C/[C@@H]1[C@H]2c3cccc(OCCCN(C)C)c3O[C@H]2C[C@H]1O. The van der Waals surface area contributed by atoms with E-state index in [-0.39, 0.29) is 23.9 Å². The molecule has 0 spiro atoms. The van der Waals surface area contributed by atoms with Crippen LogP contribution in [0.3, 0.4) is 0 Å². The fourth-order valence-corrected chi connectivity index (χ4v) is 4.37. The minimum Gasteiger partial charge on any atom is -0.490 e. The Hall–Kier alpha value is -2.00. The van der Waals surface area contributed by atoms with Crippen LogP contribution in [0.1, 0.15) is 44.6 Å². The zero-order chi connectivity index (χ0) is 21.7. The van der Waals surface area contributed by atoms with Crippen molar-refractivity contribution in [3.8, 4) is 23.3 Å². The third-order valence-corrected chi connectivity index (χ3v) is 6.09. The van der Waals surface area contributed by atoms with Gasteiger partial charge in [-0.2, -0.15) is 0 Å². The Morgan fingerprint density at radius 1 is 1.37 bits per heavy atom. The van der Waals surface area contributed by atoms with Crippen molar-refractivity contribution in [2.24, 2.45) is 11.8 Å². The van der Waals surface area contributed by atoms with Gasteiger partial charge >= 0.3 is 0 Å². The predicted octanol–water partition coefficient (Wildman–Crippen LogP) is 3.21. The van der Waals surface area contributed by atoms with Crippen LogP contribution in [0.15, 0.2) is 30.4 Å². The van der Waals surface area contributed by atoms with Crippen LogP contribution in [0.5, 0.6) is 11.5 Å². The van der Waals surface area contributed by atoms with Crippen LogP contribution >= 0.6 is 0 Å². The summed E-state index contributed by atoms with van der Waals surface area (Å²) in [7, 11) is 4.11. The molecular formula is C25H35NO4. The molecule has 0 bridgehead atoms. The summed E-state index contributed by atoms with van der Waals surface area (Å²) in [6.07, 6.45) is 4.86. The topological polar surface area (TPSA) is 62.2 Å². The van der Waals surface area contributed by atoms with Gasteiger partial charge in [-0.1, -0.05) is 31.2 Å². The smallest absolute Gasteiger partial charge is 0.165 e. The zero-order valence-corrected chi connectivity index (χ0v) is 18.5. The van der Waals surface area contributed by atoms with Gasteiger partial charge in [0.15, 0.2) is 11.5 Å². The van der Waals surface area contributed by atoms with Crippen molar-refractivity contribution in [3.63, 3.8) is 0 Å². The first-order valence-electron chi connectivity index (χ1n) is 10.9. The molecule has 0 radical (unpaired) electrons. The molecular weight excluding hydrogens is 378 g/mol. The molecule has 164 valence electrons. The molecule has 5 nitrogen and oxygen atoms in total. The number of fused-ring (bicyclic) bond motifs is 3. The van der Waals surface area contributed by atoms with Gasteiger partial charge in [-0.3, -0.25) is 0 Å². The molecule has 1 aromatic rings. The summed E-state index contributed by atoms with van der Waals surface area (Å²) in [5.41, 5.74) is 1.09. The molecule has 1 aromatic carbocycles. The fraction of sp³-hybridized carbons (Fsp3) is 0.600. The predicted molar refractivity (Wildman–Crippen MR) is 119 cm³/mol. The molecule has 1 fully saturated rings. The Kier molecular flexibility index (Phi) is 7.82. The van der Waals surface area contributed by atoms with Crippen LogP contribution in [-0.2, 0) is 0 Å². The van der Waals surface area contributed by atoms with E-state index in [1.165, 1.54) is 0 Å². The van der Waals surface area contributed by atoms with E-state index in [1.54, 1.807) is 0 Å². The van der Waals surface area contributed by atoms with Crippen molar-refractivity contribution in [2.45, 2.75) is 57.3 Å². The van der Waals surface area contributed by atoms with Gasteiger partial charge in [-0.15, -0.1) is 11.8 Å². The van der Waals surface area contributed by atoms with E-state index in [0.717, 1.165) is 30.0 Å². The molecule has 3 rings (SSSR count). The summed E-state index contributed by atoms with van der Waals surface area (Å²) in [6, 6.07) is 6.02. The van der Waals surface area contributed by atoms with E-state index >= 15 is 0 Å². The van der Waals surface area contributed by atoms with E-state index in [2.05, 4.69) is 36.9 Å². The minimum atomic E-state index is -0.578. The quantitative estimate of drug-likeness (QED) is 0.370. The summed E-state index contributed by atoms with van der Waals surface area (Å²) in [5, 5.41) is 21.1. The number of aliphatic hydroxyl groups excluding tert-OH is 2. The monoisotopic (exact) mass is 413 g/mol. The largest absolute Gasteiger partial charge is 0.490 e. The first-order valence-corrected chi connectivity index (χ1v) is 10.9. The average molecular weight is 414 g/mol. The molecule has 6 atom stereocenters. The first kappa shape index (κ1) is 22.7. The van der Waals surface area contributed by atoms with Crippen LogP contribution in [0.2, 0.25) is 0 Å². The maximum Gasteiger partial charge on any atom is 0.165 e. The van der Waals surface area contributed by atoms with Gasteiger partial charge in [-0.05, 0) is 39.4 Å². The lowest BCUT2D eigenvalue weighted by Crippen LogP contribution is -2.19. The van der Waals surface area contributed by atoms with E-state index in [4.69, 9.17) is 9.47 Å². The van der Waals surface area contributed by atoms with Gasteiger partial charge in [0.1, 0.15) is 6.10 Å². The van der Waals surface area contributed by atoms with Gasteiger partial charge < -0.3 is 24.6 Å². The average Bonchev–Trinajstić information content (AvgIpc) is 3.22. The molecule has 1 aliphatic heterocycles. The lowest BCUT2D eigenvalue weighted by atomic mass is 9.87. The van der Waals surface area contributed by atoms with Crippen LogP contribution in [-0.4, -0.2) is 60.7 Å². The van der Waals surface area contributed by atoms with Gasteiger partial charge in [0, 0.05) is 36.8 Å². The van der Waals surface area contributed by atoms with Crippen LogP contribution < -0.4 is 9.47 Å². The van der Waals surface area contributed by atoms with E-state index in [9.17, 15) is 10.2 Å². The third kappa shape index (κ3) is 5.18. The van der Waals surface area contributed by atoms with Gasteiger partial charge in [0.2, 0.25) is 0 Å². The van der Waals surface area contributed by atoms with E-state index in [1.807, 2.05) is 38.1 Å². The first-order chi connectivity index (χ1) is 14.4. The van der Waals surface area contributed by atoms with Crippen LogP contribution in [0, 0.1) is 23.7 Å². The second kappa shape index (κ2) is 10.3. The molecule has 1 aliphatic carbocycles. The molecule has 0 aromatic heterocycles. The lowest BCUT2D eigenvalue weighted by Gasteiger charge is -2.19. The summed E-state index contributed by atoms with van der Waals surface area (Å²) in [6.45, 7) is 5.41. The standard InChI is InChI=1S/C25H35NO4/c1-5-6-9-17(2)20(27)13-12-18-21(28)16-23-24(18)19-10-7-11-22(25(19)30-23)29-15-8-14-26(3)4/h7,10-13,17-18,20-21,23-24,27-28H,8-9,14-16H2,1-4H3/b13-12+/t17-,18-,20+,21+,23-,24-/m0/s1. The van der Waals surface area contributed by atoms with Gasteiger partial charge in [-0.25, -0.2) is 0 Å². The number of hydrogen-bond donors (Lipinski definition) is 2. The Bertz CT molecular complexity index is 794. The molecule has 0 amide bonds. The highest BCUT2D eigenvalue weighted by molar-refractivity contribution is 5.53. The van der Waals surface area contributed by atoms with E-state index < -0.39 is 12.2 Å². The Labute approximate surface area is 180 Å². The van der Waals surface area contributed by atoms with Crippen molar-refractivity contribution >= 4 is 0 Å². The molecule has 0 unspecified atom stereocenters. The highest BCUT2D eigenvalue weighted by Gasteiger charge is 2.49. The molecule has 0 saturated heterocycles. The lowest BCUT2D eigenvalue weighted by molar-refractivity contribution is 0.132. The Morgan fingerprint density at radius 3 is 2.90 bits per heavy atom. The number of rotatable bonds is 9. The molecule has 2 aliphatic rings. The number of para-hydroxylation sites is 1. The normalized spacial score (nSPS) is 26.6. The molecule has 5 heteroatoms. The Morgan fingerprint density at radius 2 is 2.17 bits per heavy atom. The number of benzene rings is 1. The maximum absolute atomic E-state index is 10.6. The maximum atomic E-state index is 10.6. The van der Waals surface area contributed by atoms with Gasteiger partial charge in [0.05, 0.1) is 18.8 Å². The Balaban J connectivity index is 1.70.